The van der Waals surface area contributed by atoms with Gasteiger partial charge in [-0.15, -0.1) is 0 Å². The first kappa shape index (κ1) is 27.3. The Morgan fingerprint density at radius 2 is 1.31 bits per heavy atom. The number of alkyl halides is 2. The zero-order valence-corrected chi connectivity index (χ0v) is 22.7. The average Bonchev–Trinajstić information content (AvgIpc) is 2.90. The van der Waals surface area contributed by atoms with Crippen molar-refractivity contribution in [3.05, 3.63) is 70.8 Å². The van der Waals surface area contributed by atoms with Gasteiger partial charge in [0.2, 0.25) is 0 Å². The molecular formula is C33H46F2O. The predicted octanol–water partition coefficient (Wildman–Crippen LogP) is 10.7. The Bertz CT molecular complexity index is 904. The van der Waals surface area contributed by atoms with Crippen LogP contribution >= 0.6 is 0 Å². The molecule has 2 aromatic carbocycles. The molecule has 0 spiro atoms. The van der Waals surface area contributed by atoms with Crippen molar-refractivity contribution in [1.82, 2.24) is 0 Å². The van der Waals surface area contributed by atoms with E-state index < -0.39 is 12.2 Å². The second-order valence-electron chi connectivity index (χ2n) is 11.7. The molecule has 1 atom stereocenters. The first-order chi connectivity index (χ1) is 17.4. The van der Waals surface area contributed by atoms with E-state index in [2.05, 4.69) is 26.0 Å². The smallest absolute Gasteiger partial charge is 0.309 e. The van der Waals surface area contributed by atoms with Gasteiger partial charge in [0.15, 0.2) is 0 Å². The first-order valence-corrected chi connectivity index (χ1v) is 14.6. The molecule has 198 valence electrons. The maximum Gasteiger partial charge on any atom is 0.383 e. The van der Waals surface area contributed by atoms with Crippen molar-refractivity contribution in [3.8, 4) is 0 Å². The van der Waals surface area contributed by atoms with Crippen LogP contribution in [-0.2, 0) is 10.8 Å². The van der Waals surface area contributed by atoms with Crippen molar-refractivity contribution in [2.24, 2.45) is 11.8 Å². The molecule has 0 amide bonds. The molecule has 1 unspecified atom stereocenters. The van der Waals surface area contributed by atoms with E-state index in [0.717, 1.165) is 30.2 Å². The van der Waals surface area contributed by atoms with Crippen LogP contribution in [0.25, 0.3) is 0 Å². The Morgan fingerprint density at radius 1 is 0.778 bits per heavy atom. The van der Waals surface area contributed by atoms with E-state index in [4.69, 9.17) is 4.74 Å². The Kier molecular flexibility index (Phi) is 9.61. The Morgan fingerprint density at radius 3 is 1.86 bits per heavy atom. The third kappa shape index (κ3) is 7.18. The van der Waals surface area contributed by atoms with Gasteiger partial charge in [-0.05, 0) is 85.8 Å². The molecule has 0 bridgehead atoms. The summed E-state index contributed by atoms with van der Waals surface area (Å²) in [5, 5.41) is 0. The number of unbranched alkanes of at least 4 members (excludes halogenated alkanes) is 2. The summed E-state index contributed by atoms with van der Waals surface area (Å²) < 4.78 is 35.3. The zero-order valence-electron chi connectivity index (χ0n) is 22.7. The highest BCUT2D eigenvalue weighted by atomic mass is 19.3. The van der Waals surface area contributed by atoms with E-state index >= 15 is 8.78 Å². The lowest BCUT2D eigenvalue weighted by molar-refractivity contribution is -0.272. The van der Waals surface area contributed by atoms with E-state index in [9.17, 15) is 0 Å². The minimum atomic E-state index is -3.31. The normalized spacial score (nSPS) is 26.0. The topological polar surface area (TPSA) is 9.23 Å². The molecule has 36 heavy (non-hydrogen) atoms. The highest BCUT2D eigenvalue weighted by Crippen LogP contribution is 2.40. The number of rotatable bonds is 10. The molecule has 1 nitrogen and oxygen atoms in total. The molecule has 2 aromatic rings. The van der Waals surface area contributed by atoms with E-state index in [-0.39, 0.29) is 5.56 Å². The fourth-order valence-corrected chi connectivity index (χ4v) is 6.41. The zero-order chi connectivity index (χ0) is 25.5. The molecule has 0 aliphatic heterocycles. The number of halogens is 2. The van der Waals surface area contributed by atoms with Crippen molar-refractivity contribution < 1.29 is 13.5 Å². The van der Waals surface area contributed by atoms with E-state index in [1.165, 1.54) is 75.3 Å². The molecule has 3 heteroatoms. The van der Waals surface area contributed by atoms with Gasteiger partial charge in [-0.1, -0.05) is 101 Å². The summed E-state index contributed by atoms with van der Waals surface area (Å²) in [6.07, 6.45) is 11.3. The largest absolute Gasteiger partial charge is 0.383 e. The lowest BCUT2D eigenvalue weighted by Gasteiger charge is -2.29. The van der Waals surface area contributed by atoms with Gasteiger partial charge in [-0.3, -0.25) is 0 Å². The minimum Gasteiger partial charge on any atom is -0.309 e. The lowest BCUT2D eigenvalue weighted by atomic mass is 9.77. The van der Waals surface area contributed by atoms with E-state index in [0.29, 0.717) is 11.8 Å². The second kappa shape index (κ2) is 12.7. The van der Waals surface area contributed by atoms with Crippen molar-refractivity contribution >= 4 is 0 Å². The van der Waals surface area contributed by atoms with Crippen LogP contribution in [0.15, 0.2) is 48.5 Å². The molecule has 2 fully saturated rings. The third-order valence-corrected chi connectivity index (χ3v) is 9.00. The molecule has 0 aromatic heterocycles. The number of benzene rings is 2. The summed E-state index contributed by atoms with van der Waals surface area (Å²) in [6.45, 7) is 6.29. The molecule has 0 saturated heterocycles. The van der Waals surface area contributed by atoms with E-state index in [1.807, 2.05) is 24.3 Å². The average molecular weight is 497 g/mol. The van der Waals surface area contributed by atoms with Gasteiger partial charge < -0.3 is 4.74 Å². The summed E-state index contributed by atoms with van der Waals surface area (Å²) in [5.74, 6) is 2.77. The number of hydrogen-bond donors (Lipinski definition) is 0. The van der Waals surface area contributed by atoms with Gasteiger partial charge in [-0.2, -0.15) is 8.78 Å². The van der Waals surface area contributed by atoms with Crippen LogP contribution in [0.3, 0.4) is 0 Å². The Labute approximate surface area is 218 Å². The molecule has 0 radical (unpaired) electrons. The van der Waals surface area contributed by atoms with Crippen molar-refractivity contribution in [3.63, 3.8) is 0 Å². The maximum atomic E-state index is 15.0. The highest BCUT2D eigenvalue weighted by Gasteiger charge is 2.35. The van der Waals surface area contributed by atoms with Crippen molar-refractivity contribution in [2.45, 2.75) is 122 Å². The minimum absolute atomic E-state index is 0.0606. The Balaban J connectivity index is 1.30. The summed E-state index contributed by atoms with van der Waals surface area (Å²) in [7, 11) is 0. The van der Waals surface area contributed by atoms with Crippen LogP contribution in [0.4, 0.5) is 8.78 Å². The molecule has 0 N–H and O–H groups in total. The first-order valence-electron chi connectivity index (χ1n) is 14.6. The molecular weight excluding hydrogens is 450 g/mol. The van der Waals surface area contributed by atoms with Gasteiger partial charge in [-0.25, -0.2) is 0 Å². The molecule has 0 heterocycles. The summed E-state index contributed by atoms with van der Waals surface area (Å²) >= 11 is 0. The van der Waals surface area contributed by atoms with Crippen LogP contribution < -0.4 is 0 Å². The molecule has 4 rings (SSSR count). The fourth-order valence-electron chi connectivity index (χ4n) is 6.41. The monoisotopic (exact) mass is 496 g/mol. The maximum absolute atomic E-state index is 15.0. The van der Waals surface area contributed by atoms with Crippen LogP contribution in [0, 0.1) is 11.8 Å². The van der Waals surface area contributed by atoms with Crippen LogP contribution in [0.1, 0.15) is 138 Å². The second-order valence-corrected chi connectivity index (χ2v) is 11.7. The molecule has 2 aliphatic rings. The molecule has 2 aliphatic carbocycles. The lowest BCUT2D eigenvalue weighted by Crippen LogP contribution is -2.20. The fraction of sp³-hybridized carbons (Fsp3) is 0.636. The number of ether oxygens (including phenoxy) is 1. The third-order valence-electron chi connectivity index (χ3n) is 9.00. The van der Waals surface area contributed by atoms with E-state index in [1.54, 1.807) is 19.1 Å². The number of hydrogen-bond acceptors (Lipinski definition) is 1. The summed E-state index contributed by atoms with van der Waals surface area (Å²) in [4.78, 5) is 0. The van der Waals surface area contributed by atoms with Gasteiger partial charge >= 0.3 is 6.11 Å². The van der Waals surface area contributed by atoms with Gasteiger partial charge in [0, 0.05) is 0 Å². The summed E-state index contributed by atoms with van der Waals surface area (Å²) in [6, 6.07) is 15.1. The van der Waals surface area contributed by atoms with Crippen LogP contribution in [0.5, 0.6) is 0 Å². The quantitative estimate of drug-likeness (QED) is 0.297. The molecule has 2 saturated carbocycles. The predicted molar refractivity (Wildman–Crippen MR) is 145 cm³/mol. The van der Waals surface area contributed by atoms with Gasteiger partial charge in [0.25, 0.3) is 0 Å². The van der Waals surface area contributed by atoms with Crippen LogP contribution in [0.2, 0.25) is 0 Å². The highest BCUT2D eigenvalue weighted by molar-refractivity contribution is 5.29. The Hall–Kier alpha value is -1.74. The van der Waals surface area contributed by atoms with Crippen molar-refractivity contribution in [1.29, 1.82) is 0 Å². The summed E-state index contributed by atoms with van der Waals surface area (Å²) in [5.41, 5.74) is 3.27. The SMILES string of the molecule is CCCCCC1CCC(c2ccc(C(C)OC(F)(F)c3ccc(C4CCC(C)CC4)cc3)cc2)CC1. The van der Waals surface area contributed by atoms with Crippen molar-refractivity contribution in [2.75, 3.05) is 0 Å². The van der Waals surface area contributed by atoms with Gasteiger partial charge in [0.1, 0.15) is 0 Å². The van der Waals surface area contributed by atoms with Crippen LogP contribution in [-0.4, -0.2) is 0 Å². The van der Waals surface area contributed by atoms with Gasteiger partial charge in [0.05, 0.1) is 11.7 Å². The standard InChI is InChI=1S/C33H46F2O/c1-4-5-6-7-26-10-14-29(15-11-26)30-18-16-27(17-19-30)25(3)36-33(34,35)32-22-20-31(21-23-32)28-12-8-24(2)9-13-28/h16-26,28-29H,4-15H2,1-3H3.